The molecule has 8 nitrogen and oxygen atoms in total. The summed E-state index contributed by atoms with van der Waals surface area (Å²) in [4.78, 5) is 51.0. The number of imide groups is 2. The van der Waals surface area contributed by atoms with Gasteiger partial charge in [-0.1, -0.05) is 31.7 Å². The molecule has 2 N–H and O–H groups in total. The molecule has 1 aliphatic heterocycles. The van der Waals surface area contributed by atoms with Crippen LogP contribution in [0.1, 0.15) is 61.5 Å². The van der Waals surface area contributed by atoms with Crippen molar-refractivity contribution in [3.63, 3.8) is 0 Å². The molecule has 1 unspecified atom stereocenters. The van der Waals surface area contributed by atoms with Gasteiger partial charge in [0.25, 0.3) is 5.91 Å². The summed E-state index contributed by atoms with van der Waals surface area (Å²) in [6.45, 7) is 2.03. The summed E-state index contributed by atoms with van der Waals surface area (Å²) >= 11 is 1.23. The maximum atomic E-state index is 13.8. The molecule has 1 aliphatic carbocycles. The van der Waals surface area contributed by atoms with Crippen molar-refractivity contribution in [1.82, 2.24) is 10.4 Å². The molecule has 0 bridgehead atoms. The van der Waals surface area contributed by atoms with Gasteiger partial charge in [0.05, 0.1) is 23.9 Å². The first-order chi connectivity index (χ1) is 14.4. The Morgan fingerprint density at radius 1 is 1.30 bits per heavy atom. The number of hydrogen-bond donors (Lipinski definition) is 2. The van der Waals surface area contributed by atoms with Crippen LogP contribution in [0.5, 0.6) is 0 Å². The highest BCUT2D eigenvalue weighted by atomic mass is 32.1. The molecule has 9 heteroatoms. The molecule has 2 heterocycles. The van der Waals surface area contributed by atoms with E-state index in [9.17, 15) is 24.4 Å². The number of thiophene rings is 1. The van der Waals surface area contributed by atoms with Crippen molar-refractivity contribution in [3.8, 4) is 0 Å². The molecule has 30 heavy (non-hydrogen) atoms. The number of likely N-dealkylation sites (tertiary alicyclic amines) is 1. The molecular formula is C21H30N3O5S+. The van der Waals surface area contributed by atoms with Crippen LogP contribution in [-0.4, -0.2) is 58.1 Å². The molecule has 0 spiro atoms. The number of rotatable bonds is 7. The Labute approximate surface area is 180 Å². The van der Waals surface area contributed by atoms with Gasteiger partial charge in [-0.05, 0) is 30.7 Å². The summed E-state index contributed by atoms with van der Waals surface area (Å²) in [6, 6.07) is 2.47. The molecule has 0 radical (unpaired) electrons. The van der Waals surface area contributed by atoms with Gasteiger partial charge < -0.3 is 0 Å². The lowest BCUT2D eigenvalue weighted by molar-refractivity contribution is -0.786. The van der Waals surface area contributed by atoms with E-state index in [4.69, 9.17) is 0 Å². The lowest BCUT2D eigenvalue weighted by atomic mass is 9.91. The summed E-state index contributed by atoms with van der Waals surface area (Å²) in [7, 11) is 0. The van der Waals surface area contributed by atoms with Crippen LogP contribution in [0.25, 0.3) is 0 Å². The van der Waals surface area contributed by atoms with E-state index in [1.807, 2.05) is 6.92 Å². The fourth-order valence-corrected chi connectivity index (χ4v) is 5.59. The number of carbonyl (C=O) groups is 4. The summed E-state index contributed by atoms with van der Waals surface area (Å²) in [5, 5.41) is 14.5. The van der Waals surface area contributed by atoms with E-state index in [1.165, 1.54) is 11.3 Å². The van der Waals surface area contributed by atoms with E-state index in [0.29, 0.717) is 41.7 Å². The second-order valence-electron chi connectivity index (χ2n) is 8.47. The van der Waals surface area contributed by atoms with Crippen LogP contribution in [0.15, 0.2) is 17.5 Å². The minimum atomic E-state index is -0.661. The lowest BCUT2D eigenvalue weighted by Crippen LogP contribution is -2.65. The Hall–Kier alpha value is -2.10. The molecular weight excluding hydrogens is 406 g/mol. The minimum Gasteiger partial charge on any atom is -0.286 e. The quantitative estimate of drug-likeness (QED) is 0.296. The number of nitrogens with zero attached hydrogens (tertiary/aromatic N) is 2. The van der Waals surface area contributed by atoms with Gasteiger partial charge in [-0.3, -0.25) is 14.8 Å². The first-order valence-corrected chi connectivity index (χ1v) is 11.5. The average molecular weight is 437 g/mol. The number of hydroxylamine groups is 2. The van der Waals surface area contributed by atoms with Crippen LogP contribution >= 0.6 is 11.3 Å². The third-order valence-corrected chi connectivity index (χ3v) is 7.45. The van der Waals surface area contributed by atoms with Crippen LogP contribution in [-0.2, 0) is 9.59 Å². The zero-order valence-corrected chi connectivity index (χ0v) is 18.1. The maximum Gasteiger partial charge on any atom is 0.431 e. The standard InChI is InChI=1S/C21H29N3O5S/c1-15-6-4-10-24(15,21(28)22-19(26)18-9-5-11-30-18)20(27)17(13-23(29)14-25)12-16-7-2-3-8-16/h5,9,11,14-17,29H,2-4,6-8,10,12-13H2,1H3/p+1/t15-,17-,24?/m1/s1. The Morgan fingerprint density at radius 3 is 2.60 bits per heavy atom. The highest BCUT2D eigenvalue weighted by Crippen LogP contribution is 2.35. The molecule has 1 aromatic heterocycles. The van der Waals surface area contributed by atoms with E-state index < -0.39 is 22.3 Å². The van der Waals surface area contributed by atoms with E-state index in [1.54, 1.807) is 17.5 Å². The van der Waals surface area contributed by atoms with Crippen LogP contribution in [0.2, 0.25) is 0 Å². The third-order valence-electron chi connectivity index (χ3n) is 6.58. The Morgan fingerprint density at radius 2 is 2.03 bits per heavy atom. The van der Waals surface area contributed by atoms with Crippen molar-refractivity contribution in [2.75, 3.05) is 13.1 Å². The molecule has 1 aromatic rings. The smallest absolute Gasteiger partial charge is 0.286 e. The molecule has 2 aliphatic rings. The normalized spacial score (nSPS) is 25.1. The lowest BCUT2D eigenvalue weighted by Gasteiger charge is -2.36. The van der Waals surface area contributed by atoms with E-state index in [2.05, 4.69) is 5.32 Å². The minimum absolute atomic E-state index is 0.141. The fourth-order valence-electron chi connectivity index (χ4n) is 4.97. The van der Waals surface area contributed by atoms with Gasteiger partial charge in [0.1, 0.15) is 6.04 Å². The number of nitrogens with one attached hydrogen (secondary N) is 1. The number of hydrogen-bond acceptors (Lipinski definition) is 6. The van der Waals surface area contributed by atoms with E-state index >= 15 is 0 Å². The third kappa shape index (κ3) is 4.63. The molecule has 5 amide bonds. The van der Waals surface area contributed by atoms with Gasteiger partial charge >= 0.3 is 11.9 Å². The van der Waals surface area contributed by atoms with Crippen molar-refractivity contribution in [2.45, 2.75) is 57.9 Å². The second-order valence-corrected chi connectivity index (χ2v) is 9.42. The van der Waals surface area contributed by atoms with Crippen LogP contribution in [0.3, 0.4) is 0 Å². The molecule has 3 atom stereocenters. The van der Waals surface area contributed by atoms with Gasteiger partial charge in [0, 0.05) is 12.8 Å². The van der Waals surface area contributed by atoms with Crippen molar-refractivity contribution < 1.29 is 28.9 Å². The van der Waals surface area contributed by atoms with Crippen LogP contribution < -0.4 is 5.32 Å². The first kappa shape index (κ1) is 22.6. The van der Waals surface area contributed by atoms with Crippen molar-refractivity contribution in [3.05, 3.63) is 22.4 Å². The highest BCUT2D eigenvalue weighted by molar-refractivity contribution is 7.12. The monoisotopic (exact) mass is 436 g/mol. The van der Waals surface area contributed by atoms with Gasteiger partial charge in [-0.15, -0.1) is 11.3 Å². The van der Waals surface area contributed by atoms with Gasteiger partial charge in [-0.2, -0.15) is 4.48 Å². The molecule has 1 saturated heterocycles. The predicted octanol–water partition coefficient (Wildman–Crippen LogP) is 3.17. The molecule has 164 valence electrons. The number of urea groups is 1. The van der Waals surface area contributed by atoms with Crippen molar-refractivity contribution in [2.24, 2.45) is 11.8 Å². The zero-order chi connectivity index (χ0) is 21.7. The summed E-state index contributed by atoms with van der Waals surface area (Å²) in [6.07, 6.45) is 6.43. The molecule has 2 fully saturated rings. The van der Waals surface area contributed by atoms with Crippen molar-refractivity contribution >= 4 is 35.6 Å². The molecule has 1 saturated carbocycles. The zero-order valence-electron chi connectivity index (χ0n) is 17.3. The summed E-state index contributed by atoms with van der Waals surface area (Å²) < 4.78 is -0.457. The van der Waals surface area contributed by atoms with Gasteiger partial charge in [-0.25, -0.2) is 20.0 Å². The van der Waals surface area contributed by atoms with E-state index in [-0.39, 0.29) is 24.9 Å². The number of amides is 5. The van der Waals surface area contributed by atoms with E-state index in [0.717, 1.165) is 25.7 Å². The van der Waals surface area contributed by atoms with Crippen molar-refractivity contribution in [1.29, 1.82) is 0 Å². The van der Waals surface area contributed by atoms with Gasteiger partial charge in [0.2, 0.25) is 6.41 Å². The van der Waals surface area contributed by atoms with Crippen LogP contribution in [0, 0.1) is 11.8 Å². The summed E-state index contributed by atoms with van der Waals surface area (Å²) in [5.41, 5.74) is 0. The predicted molar refractivity (Wildman–Crippen MR) is 111 cm³/mol. The summed E-state index contributed by atoms with van der Waals surface area (Å²) in [5.74, 6) is -1.15. The molecule has 0 aromatic carbocycles. The average Bonchev–Trinajstić information content (AvgIpc) is 3.49. The van der Waals surface area contributed by atoms with Crippen LogP contribution in [0.4, 0.5) is 4.79 Å². The highest BCUT2D eigenvalue weighted by Gasteiger charge is 2.55. The largest absolute Gasteiger partial charge is 0.431 e. The second kappa shape index (κ2) is 9.80. The Kier molecular flexibility index (Phi) is 7.38. The Balaban J connectivity index is 1.85. The SMILES string of the molecule is C[C@@H]1CCC[N+]1(C(=O)NC(=O)c1cccs1)C(=O)[C@H](CC1CCCC1)CN(O)C=O. The number of quaternary nitrogens is 1. The number of carbonyl (C=O) groups excluding carboxylic acids is 4. The first-order valence-electron chi connectivity index (χ1n) is 10.6. The van der Waals surface area contributed by atoms with Gasteiger partial charge in [0.15, 0.2) is 0 Å². The molecule has 3 rings (SSSR count). The fraction of sp³-hybridized carbons (Fsp3) is 0.619. The topological polar surface area (TPSA) is 104 Å². The maximum absolute atomic E-state index is 13.8. The Bertz CT molecular complexity index is 778.